The lowest BCUT2D eigenvalue weighted by molar-refractivity contribution is -0.00640. The fourth-order valence-corrected chi connectivity index (χ4v) is 3.28. The summed E-state index contributed by atoms with van der Waals surface area (Å²) in [6.45, 7) is 4.45. The van der Waals surface area contributed by atoms with Crippen LogP contribution < -0.4 is 5.73 Å². The molecule has 2 N–H and O–H groups in total. The van der Waals surface area contributed by atoms with Gasteiger partial charge in [-0.15, -0.1) is 0 Å². The summed E-state index contributed by atoms with van der Waals surface area (Å²) >= 11 is 0. The van der Waals surface area contributed by atoms with Crippen LogP contribution in [0.4, 0.5) is 5.69 Å². The molecule has 1 aliphatic rings. The predicted molar refractivity (Wildman–Crippen MR) is 74.1 cm³/mol. The second-order valence-corrected chi connectivity index (χ2v) is 6.28. The molecule has 18 heavy (non-hydrogen) atoms. The summed E-state index contributed by atoms with van der Waals surface area (Å²) in [5.41, 5.74) is 7.48. The molecule has 0 saturated carbocycles. The molecule has 0 bridgehead atoms. The van der Waals surface area contributed by atoms with Gasteiger partial charge in [0.2, 0.25) is 0 Å². The lowest BCUT2D eigenvalue weighted by Gasteiger charge is -2.29. The van der Waals surface area contributed by atoms with E-state index in [0.717, 1.165) is 35.8 Å². The van der Waals surface area contributed by atoms with Crippen molar-refractivity contribution in [1.29, 1.82) is 0 Å². The molecule has 0 aromatic heterocycles. The van der Waals surface area contributed by atoms with Crippen LogP contribution in [-0.4, -0.2) is 47.7 Å². The molecule has 2 unspecified atom stereocenters. The summed E-state index contributed by atoms with van der Waals surface area (Å²) in [5.74, 6) is 0.549. The van der Waals surface area contributed by atoms with Gasteiger partial charge >= 0.3 is 0 Å². The summed E-state index contributed by atoms with van der Waals surface area (Å²) in [5, 5.41) is 0. The summed E-state index contributed by atoms with van der Waals surface area (Å²) in [7, 11) is 1.04. The third-order valence-electron chi connectivity index (χ3n) is 3.18. The number of hydrogen-bond donors (Lipinski definition) is 1. The zero-order valence-electron chi connectivity index (χ0n) is 10.9. The van der Waals surface area contributed by atoms with Crippen molar-refractivity contribution in [2.24, 2.45) is 0 Å². The Labute approximate surface area is 111 Å². The van der Waals surface area contributed by atoms with Gasteiger partial charge < -0.3 is 15.4 Å². The summed E-state index contributed by atoms with van der Waals surface area (Å²) < 4.78 is 17.9. The summed E-state index contributed by atoms with van der Waals surface area (Å²) in [6.07, 6.45) is 0.0578. The Morgan fingerprint density at radius 3 is 3.00 bits per heavy atom. The highest BCUT2D eigenvalue weighted by Gasteiger charge is 2.20. The van der Waals surface area contributed by atoms with Crippen molar-refractivity contribution in [3.8, 4) is 0 Å². The van der Waals surface area contributed by atoms with E-state index in [1.807, 2.05) is 25.1 Å². The van der Waals surface area contributed by atoms with Gasteiger partial charge in [0, 0.05) is 23.7 Å². The Kier molecular flexibility index (Phi) is 4.37. The third-order valence-corrected chi connectivity index (χ3v) is 4.64. The lowest BCUT2D eigenvalue weighted by Crippen LogP contribution is -2.42. The molecule has 0 aliphatic carbocycles. The number of rotatable bonds is 3. The molecular weight excluding hydrogens is 248 g/mol. The van der Waals surface area contributed by atoms with Gasteiger partial charge in [-0.2, -0.15) is 0 Å². The van der Waals surface area contributed by atoms with Gasteiger partial charge in [-0.3, -0.25) is 4.21 Å². The normalized spacial score (nSPS) is 22.9. The van der Waals surface area contributed by atoms with E-state index in [4.69, 9.17) is 10.5 Å². The van der Waals surface area contributed by atoms with Gasteiger partial charge in [0.15, 0.2) is 0 Å². The quantitative estimate of drug-likeness (QED) is 0.832. The molecule has 0 amide bonds. The molecule has 0 spiro atoms. The zero-order chi connectivity index (χ0) is 13.1. The van der Waals surface area contributed by atoms with E-state index in [9.17, 15) is 4.21 Å². The van der Waals surface area contributed by atoms with E-state index in [2.05, 4.69) is 11.9 Å². The smallest absolute Gasteiger partial charge is 0.0821 e. The van der Waals surface area contributed by atoms with Crippen molar-refractivity contribution in [3.63, 3.8) is 0 Å². The maximum atomic E-state index is 12.3. The number of benzene rings is 1. The minimum Gasteiger partial charge on any atom is -0.399 e. The summed E-state index contributed by atoms with van der Waals surface area (Å²) in [6, 6.07) is 5.55. The Morgan fingerprint density at radius 2 is 2.33 bits per heavy atom. The first kappa shape index (κ1) is 13.5. The molecular formula is C13H20N2O2S. The van der Waals surface area contributed by atoms with Crippen LogP contribution in [0.2, 0.25) is 0 Å². The van der Waals surface area contributed by atoms with E-state index in [0.29, 0.717) is 5.75 Å². The first-order chi connectivity index (χ1) is 8.56. The molecule has 1 heterocycles. The minimum atomic E-state index is -1.02. The molecule has 2 atom stereocenters. The van der Waals surface area contributed by atoms with Gasteiger partial charge in [-0.05, 0) is 37.7 Å². The predicted octanol–water partition coefficient (Wildman–Crippen LogP) is 1.02. The monoisotopic (exact) mass is 268 g/mol. The van der Waals surface area contributed by atoms with Crippen LogP contribution in [0, 0.1) is 6.92 Å². The SMILES string of the molecule is Cc1cc(S(=O)CC2CN(C)CCO2)ccc1N. The highest BCUT2D eigenvalue weighted by atomic mass is 32.2. The second kappa shape index (κ2) is 5.82. The van der Waals surface area contributed by atoms with Crippen molar-refractivity contribution in [2.45, 2.75) is 17.9 Å². The van der Waals surface area contributed by atoms with Gasteiger partial charge in [0.1, 0.15) is 0 Å². The van der Waals surface area contributed by atoms with Crippen LogP contribution >= 0.6 is 0 Å². The maximum absolute atomic E-state index is 12.3. The van der Waals surface area contributed by atoms with Crippen LogP contribution in [0.25, 0.3) is 0 Å². The molecule has 1 aromatic carbocycles. The average molecular weight is 268 g/mol. The molecule has 0 radical (unpaired) electrons. The molecule has 1 aromatic rings. The number of hydrogen-bond acceptors (Lipinski definition) is 4. The topological polar surface area (TPSA) is 55.6 Å². The lowest BCUT2D eigenvalue weighted by atomic mass is 10.2. The van der Waals surface area contributed by atoms with E-state index < -0.39 is 10.8 Å². The maximum Gasteiger partial charge on any atom is 0.0821 e. The van der Waals surface area contributed by atoms with Crippen LogP contribution in [-0.2, 0) is 15.5 Å². The fraction of sp³-hybridized carbons (Fsp3) is 0.538. The molecule has 1 aliphatic heterocycles. The van der Waals surface area contributed by atoms with E-state index in [1.165, 1.54) is 0 Å². The van der Waals surface area contributed by atoms with Crippen LogP contribution in [0.5, 0.6) is 0 Å². The van der Waals surface area contributed by atoms with Gasteiger partial charge in [0.05, 0.1) is 29.3 Å². The summed E-state index contributed by atoms with van der Waals surface area (Å²) in [4.78, 5) is 3.04. The van der Waals surface area contributed by atoms with Gasteiger partial charge in [-0.1, -0.05) is 0 Å². The number of nitrogens with zero attached hydrogens (tertiary/aromatic N) is 1. The fourth-order valence-electron chi connectivity index (χ4n) is 2.02. The third kappa shape index (κ3) is 3.31. The standard InChI is InChI=1S/C13H20N2O2S/c1-10-7-12(3-4-13(10)14)18(16)9-11-8-15(2)5-6-17-11/h3-4,7,11H,5-6,8-9,14H2,1-2H3. The van der Waals surface area contributed by atoms with Crippen molar-refractivity contribution < 1.29 is 8.95 Å². The number of nitrogens with two attached hydrogens (primary N) is 1. The van der Waals surface area contributed by atoms with E-state index in [1.54, 1.807) is 0 Å². The average Bonchev–Trinajstić information content (AvgIpc) is 2.32. The second-order valence-electron chi connectivity index (χ2n) is 4.79. The molecule has 5 heteroatoms. The van der Waals surface area contributed by atoms with Crippen molar-refractivity contribution in [2.75, 3.05) is 38.2 Å². The first-order valence-electron chi connectivity index (χ1n) is 6.11. The largest absolute Gasteiger partial charge is 0.399 e. The minimum absolute atomic E-state index is 0.0578. The first-order valence-corrected chi connectivity index (χ1v) is 7.43. The Balaban J connectivity index is 2.00. The number of nitrogen functional groups attached to an aromatic ring is 1. The van der Waals surface area contributed by atoms with Gasteiger partial charge in [-0.25, -0.2) is 0 Å². The number of likely N-dealkylation sites (N-methyl/N-ethyl adjacent to an activating group) is 1. The van der Waals surface area contributed by atoms with Gasteiger partial charge in [0.25, 0.3) is 0 Å². The van der Waals surface area contributed by atoms with Crippen molar-refractivity contribution in [1.82, 2.24) is 4.90 Å². The molecule has 100 valence electrons. The Morgan fingerprint density at radius 1 is 1.56 bits per heavy atom. The number of aryl methyl sites for hydroxylation is 1. The highest BCUT2D eigenvalue weighted by Crippen LogP contribution is 2.17. The molecule has 1 saturated heterocycles. The number of morpholine rings is 1. The number of anilines is 1. The Bertz CT molecular complexity index is 451. The van der Waals surface area contributed by atoms with Crippen molar-refractivity contribution in [3.05, 3.63) is 23.8 Å². The van der Waals surface area contributed by atoms with E-state index in [-0.39, 0.29) is 6.10 Å². The zero-order valence-corrected chi connectivity index (χ0v) is 11.7. The molecule has 4 nitrogen and oxygen atoms in total. The van der Waals surface area contributed by atoms with E-state index >= 15 is 0 Å². The van der Waals surface area contributed by atoms with Crippen LogP contribution in [0.3, 0.4) is 0 Å². The Hall–Kier alpha value is -0.910. The van der Waals surface area contributed by atoms with Crippen molar-refractivity contribution >= 4 is 16.5 Å². The van der Waals surface area contributed by atoms with Crippen LogP contribution in [0.1, 0.15) is 5.56 Å². The van der Waals surface area contributed by atoms with Crippen LogP contribution in [0.15, 0.2) is 23.1 Å². The molecule has 1 fully saturated rings. The molecule has 2 rings (SSSR count). The highest BCUT2D eigenvalue weighted by molar-refractivity contribution is 7.85. The number of ether oxygens (including phenoxy) is 1.